The zero-order valence-corrected chi connectivity index (χ0v) is 16.2. The van der Waals surface area contributed by atoms with Gasteiger partial charge in [0.15, 0.2) is 11.5 Å². The Hall–Kier alpha value is -3.94. The maximum atomic E-state index is 12.5. The van der Waals surface area contributed by atoms with Crippen molar-refractivity contribution in [2.45, 2.75) is 6.92 Å². The van der Waals surface area contributed by atoms with Gasteiger partial charge < -0.3 is 20.1 Å². The van der Waals surface area contributed by atoms with Gasteiger partial charge in [-0.1, -0.05) is 18.2 Å². The molecule has 2 aromatic carbocycles. The van der Waals surface area contributed by atoms with Crippen LogP contribution in [0.2, 0.25) is 0 Å². The Labute approximate surface area is 167 Å². The maximum absolute atomic E-state index is 12.5. The molecule has 3 aromatic rings. The molecule has 0 fully saturated rings. The Bertz CT molecular complexity index is 1040. The number of anilines is 3. The summed E-state index contributed by atoms with van der Waals surface area (Å²) in [5.74, 6) is 0.0488. The molecule has 0 bridgehead atoms. The lowest BCUT2D eigenvalue weighted by atomic mass is 10.2. The van der Waals surface area contributed by atoms with Crippen molar-refractivity contribution in [2.75, 3.05) is 24.9 Å². The van der Waals surface area contributed by atoms with Gasteiger partial charge in [0.1, 0.15) is 5.75 Å². The number of amides is 1. The number of esters is 1. The lowest BCUT2D eigenvalue weighted by Gasteiger charge is -2.11. The minimum Gasteiger partial charge on any atom is -0.495 e. The second-order valence-corrected chi connectivity index (χ2v) is 6.12. The summed E-state index contributed by atoms with van der Waals surface area (Å²) in [7, 11) is 2.85. The second-order valence-electron chi connectivity index (χ2n) is 6.12. The van der Waals surface area contributed by atoms with Gasteiger partial charge in [0.25, 0.3) is 5.91 Å². The minimum absolute atomic E-state index is 0.139. The monoisotopic (exact) mass is 392 g/mol. The van der Waals surface area contributed by atoms with Crippen molar-refractivity contribution in [2.24, 2.45) is 0 Å². The Morgan fingerprint density at radius 2 is 1.72 bits per heavy atom. The van der Waals surface area contributed by atoms with Gasteiger partial charge in [-0.15, -0.1) is 10.2 Å². The van der Waals surface area contributed by atoms with Crippen LogP contribution in [0.25, 0.3) is 0 Å². The number of rotatable bonds is 6. The number of carbonyl (C=O) groups excluding carboxylic acids is 2. The third-order valence-electron chi connectivity index (χ3n) is 4.10. The van der Waals surface area contributed by atoms with Crippen LogP contribution in [0.1, 0.15) is 26.4 Å². The van der Waals surface area contributed by atoms with E-state index in [4.69, 9.17) is 9.47 Å². The van der Waals surface area contributed by atoms with Crippen LogP contribution >= 0.6 is 0 Å². The molecular weight excluding hydrogens is 372 g/mol. The number of para-hydroxylation sites is 1. The van der Waals surface area contributed by atoms with Crippen LogP contribution in [0.5, 0.6) is 5.75 Å². The van der Waals surface area contributed by atoms with Crippen molar-refractivity contribution >= 4 is 29.1 Å². The van der Waals surface area contributed by atoms with E-state index in [2.05, 4.69) is 20.8 Å². The Balaban J connectivity index is 1.75. The van der Waals surface area contributed by atoms with Crippen molar-refractivity contribution in [1.29, 1.82) is 0 Å². The van der Waals surface area contributed by atoms with E-state index in [0.29, 0.717) is 28.5 Å². The van der Waals surface area contributed by atoms with Crippen molar-refractivity contribution in [3.05, 3.63) is 71.4 Å². The van der Waals surface area contributed by atoms with E-state index in [9.17, 15) is 9.59 Å². The molecule has 0 unspecified atom stereocenters. The molecule has 0 saturated carbocycles. The number of aryl methyl sites for hydroxylation is 1. The van der Waals surface area contributed by atoms with E-state index >= 15 is 0 Å². The summed E-state index contributed by atoms with van der Waals surface area (Å²) < 4.78 is 10.0. The Morgan fingerprint density at radius 1 is 0.931 bits per heavy atom. The summed E-state index contributed by atoms with van der Waals surface area (Å²) in [5.41, 5.74) is 2.56. The molecule has 1 amide bonds. The lowest BCUT2D eigenvalue weighted by molar-refractivity contribution is 0.0601. The fourth-order valence-corrected chi connectivity index (χ4v) is 2.64. The third-order valence-corrected chi connectivity index (χ3v) is 4.10. The van der Waals surface area contributed by atoms with Gasteiger partial charge in [-0.2, -0.15) is 0 Å². The molecule has 0 aliphatic rings. The Morgan fingerprint density at radius 3 is 2.41 bits per heavy atom. The summed E-state index contributed by atoms with van der Waals surface area (Å²) in [5, 5.41) is 13.8. The standard InChI is InChI=1S/C21H20N4O4/c1-13-8-10-18(28-2)17(12-13)23-20(26)16-9-11-19(25-24-16)22-15-7-5-4-6-14(15)21(27)29-3/h4-12H,1-3H3,(H,22,25)(H,23,26). The fraction of sp³-hybridized carbons (Fsp3) is 0.143. The molecule has 148 valence electrons. The summed E-state index contributed by atoms with van der Waals surface area (Å²) in [4.78, 5) is 24.4. The molecule has 8 heteroatoms. The molecule has 0 spiro atoms. The van der Waals surface area contributed by atoms with Crippen molar-refractivity contribution < 1.29 is 19.1 Å². The molecule has 1 aromatic heterocycles. The van der Waals surface area contributed by atoms with Gasteiger partial charge in [0.05, 0.1) is 31.2 Å². The first-order valence-electron chi connectivity index (χ1n) is 8.76. The number of nitrogens with zero attached hydrogens (tertiary/aromatic N) is 2. The molecule has 0 aliphatic heterocycles. The number of benzene rings is 2. The van der Waals surface area contributed by atoms with Crippen molar-refractivity contribution in [3.8, 4) is 5.75 Å². The quantitative estimate of drug-likeness (QED) is 0.618. The van der Waals surface area contributed by atoms with Crippen molar-refractivity contribution in [1.82, 2.24) is 10.2 Å². The topological polar surface area (TPSA) is 102 Å². The van der Waals surface area contributed by atoms with Gasteiger partial charge in [-0.25, -0.2) is 4.79 Å². The molecule has 8 nitrogen and oxygen atoms in total. The molecule has 0 radical (unpaired) electrons. The van der Waals surface area contributed by atoms with E-state index in [1.807, 2.05) is 19.1 Å². The molecule has 0 aliphatic carbocycles. The molecule has 0 atom stereocenters. The van der Waals surface area contributed by atoms with Gasteiger partial charge in [-0.3, -0.25) is 4.79 Å². The molecule has 3 rings (SSSR count). The lowest BCUT2D eigenvalue weighted by Crippen LogP contribution is -2.15. The summed E-state index contributed by atoms with van der Waals surface area (Å²) in [6.07, 6.45) is 0. The smallest absolute Gasteiger partial charge is 0.339 e. The van der Waals surface area contributed by atoms with Crippen LogP contribution in [0, 0.1) is 6.92 Å². The Kier molecular flexibility index (Phi) is 6.03. The summed E-state index contributed by atoms with van der Waals surface area (Å²) in [6, 6.07) is 15.5. The van der Waals surface area contributed by atoms with Crippen molar-refractivity contribution in [3.63, 3.8) is 0 Å². The van der Waals surface area contributed by atoms with E-state index in [1.165, 1.54) is 20.3 Å². The summed E-state index contributed by atoms with van der Waals surface area (Å²) in [6.45, 7) is 1.92. The first kappa shape index (κ1) is 19.8. The normalized spacial score (nSPS) is 10.2. The zero-order chi connectivity index (χ0) is 20.8. The fourth-order valence-electron chi connectivity index (χ4n) is 2.64. The number of hydrogen-bond donors (Lipinski definition) is 2. The van der Waals surface area contributed by atoms with Gasteiger partial charge >= 0.3 is 5.97 Å². The molecule has 1 heterocycles. The number of ether oxygens (including phenoxy) is 2. The highest BCUT2D eigenvalue weighted by atomic mass is 16.5. The van der Waals surface area contributed by atoms with Gasteiger partial charge in [-0.05, 0) is 48.9 Å². The van der Waals surface area contributed by atoms with Gasteiger partial charge in [0.2, 0.25) is 0 Å². The highest BCUT2D eigenvalue weighted by Gasteiger charge is 2.14. The third kappa shape index (κ3) is 4.67. The minimum atomic E-state index is -0.468. The number of methoxy groups -OCH3 is 2. The average molecular weight is 392 g/mol. The predicted octanol–water partition coefficient (Wildman–Crippen LogP) is 3.58. The van der Waals surface area contributed by atoms with E-state index < -0.39 is 11.9 Å². The van der Waals surface area contributed by atoms with Crippen LogP contribution < -0.4 is 15.4 Å². The van der Waals surface area contributed by atoms with Gasteiger partial charge in [0, 0.05) is 0 Å². The van der Waals surface area contributed by atoms with E-state index in [-0.39, 0.29) is 5.69 Å². The van der Waals surface area contributed by atoms with E-state index in [1.54, 1.807) is 36.4 Å². The van der Waals surface area contributed by atoms with E-state index in [0.717, 1.165) is 5.56 Å². The number of carbonyl (C=O) groups is 2. The number of nitrogens with one attached hydrogen (secondary N) is 2. The number of hydrogen-bond acceptors (Lipinski definition) is 7. The first-order chi connectivity index (χ1) is 14.0. The molecular formula is C21H20N4O4. The second kappa shape index (κ2) is 8.83. The SMILES string of the molecule is COC(=O)c1ccccc1Nc1ccc(C(=O)Nc2cc(C)ccc2OC)nn1. The molecule has 29 heavy (non-hydrogen) atoms. The largest absolute Gasteiger partial charge is 0.495 e. The average Bonchev–Trinajstić information content (AvgIpc) is 2.74. The molecule has 2 N–H and O–H groups in total. The highest BCUT2D eigenvalue weighted by Crippen LogP contribution is 2.26. The number of aromatic nitrogens is 2. The van der Waals surface area contributed by atoms with Crippen LogP contribution in [-0.2, 0) is 4.74 Å². The first-order valence-corrected chi connectivity index (χ1v) is 8.76. The molecule has 0 saturated heterocycles. The van der Waals surface area contributed by atoms with Crippen LogP contribution in [0.15, 0.2) is 54.6 Å². The van der Waals surface area contributed by atoms with Crippen LogP contribution in [-0.4, -0.2) is 36.3 Å². The predicted molar refractivity (Wildman–Crippen MR) is 109 cm³/mol. The van der Waals surface area contributed by atoms with Crippen LogP contribution in [0.3, 0.4) is 0 Å². The maximum Gasteiger partial charge on any atom is 0.339 e. The summed E-state index contributed by atoms with van der Waals surface area (Å²) >= 11 is 0. The zero-order valence-electron chi connectivity index (χ0n) is 16.2. The van der Waals surface area contributed by atoms with Crippen LogP contribution in [0.4, 0.5) is 17.2 Å². The highest BCUT2D eigenvalue weighted by molar-refractivity contribution is 6.03.